The third-order valence-corrected chi connectivity index (χ3v) is 5.00. The van der Waals surface area contributed by atoms with E-state index in [1.165, 1.54) is 6.92 Å². The molecule has 0 aromatic heterocycles. The summed E-state index contributed by atoms with van der Waals surface area (Å²) in [5.74, 6) is -5.99. The standard InChI is InChI=1S/C24H34F2O4/c1-6-29-22(27)21(15-19-11-9-8-10-12-19)18(5)20(14-13-17(3)4)16-24(25,26)23(28)30-7-2/h8-12,17,20H,6-7,13-16H2,1-5H3/b21-18-. The molecular formula is C24H34F2O4. The first-order valence-corrected chi connectivity index (χ1v) is 10.6. The van der Waals surface area contributed by atoms with Gasteiger partial charge in [-0.2, -0.15) is 8.78 Å². The summed E-state index contributed by atoms with van der Waals surface area (Å²) in [5, 5.41) is 0. The summed E-state index contributed by atoms with van der Waals surface area (Å²) in [4.78, 5) is 24.5. The van der Waals surface area contributed by atoms with Crippen molar-refractivity contribution in [3.8, 4) is 0 Å². The van der Waals surface area contributed by atoms with Gasteiger partial charge in [-0.3, -0.25) is 0 Å². The molecule has 0 heterocycles. The zero-order valence-electron chi connectivity index (χ0n) is 18.7. The molecule has 1 unspecified atom stereocenters. The highest BCUT2D eigenvalue weighted by Crippen LogP contribution is 2.35. The molecule has 30 heavy (non-hydrogen) atoms. The van der Waals surface area contributed by atoms with E-state index in [2.05, 4.69) is 4.74 Å². The van der Waals surface area contributed by atoms with E-state index in [4.69, 9.17) is 4.74 Å². The predicted molar refractivity (Wildman–Crippen MR) is 113 cm³/mol. The third kappa shape index (κ3) is 8.25. The molecule has 0 radical (unpaired) electrons. The maximum atomic E-state index is 14.6. The van der Waals surface area contributed by atoms with Crippen LogP contribution in [-0.2, 0) is 25.5 Å². The summed E-state index contributed by atoms with van der Waals surface area (Å²) in [7, 11) is 0. The quantitative estimate of drug-likeness (QED) is 0.317. The average Bonchev–Trinajstić information content (AvgIpc) is 2.69. The van der Waals surface area contributed by atoms with E-state index in [1.807, 2.05) is 44.2 Å². The lowest BCUT2D eigenvalue weighted by Gasteiger charge is -2.25. The molecule has 1 rings (SSSR count). The fourth-order valence-electron chi connectivity index (χ4n) is 3.27. The number of hydrogen-bond donors (Lipinski definition) is 0. The van der Waals surface area contributed by atoms with Crippen molar-refractivity contribution in [3.63, 3.8) is 0 Å². The van der Waals surface area contributed by atoms with Crippen LogP contribution in [0.15, 0.2) is 41.5 Å². The van der Waals surface area contributed by atoms with Gasteiger partial charge in [-0.05, 0) is 44.6 Å². The number of allylic oxidation sites excluding steroid dienone is 1. The second-order valence-corrected chi connectivity index (χ2v) is 7.84. The molecule has 4 nitrogen and oxygen atoms in total. The maximum Gasteiger partial charge on any atom is 0.376 e. The van der Waals surface area contributed by atoms with Crippen LogP contribution in [-0.4, -0.2) is 31.1 Å². The Bertz CT molecular complexity index is 711. The third-order valence-electron chi connectivity index (χ3n) is 5.00. The number of hydrogen-bond acceptors (Lipinski definition) is 4. The normalized spacial score (nSPS) is 13.6. The van der Waals surface area contributed by atoms with Crippen molar-refractivity contribution in [3.05, 3.63) is 47.0 Å². The fourth-order valence-corrected chi connectivity index (χ4v) is 3.27. The molecule has 0 aliphatic rings. The Kier molecular flexibility index (Phi) is 10.7. The van der Waals surface area contributed by atoms with Gasteiger partial charge in [0.2, 0.25) is 0 Å². The van der Waals surface area contributed by atoms with Crippen LogP contribution in [0.5, 0.6) is 0 Å². The molecule has 0 fully saturated rings. The Balaban J connectivity index is 3.31. The minimum atomic E-state index is -3.62. The van der Waals surface area contributed by atoms with Gasteiger partial charge in [0.15, 0.2) is 0 Å². The number of carbonyl (C=O) groups is 2. The Morgan fingerprint density at radius 1 is 1.00 bits per heavy atom. The lowest BCUT2D eigenvalue weighted by Crippen LogP contribution is -2.34. The van der Waals surface area contributed by atoms with Crippen LogP contribution in [0.4, 0.5) is 8.78 Å². The van der Waals surface area contributed by atoms with E-state index in [9.17, 15) is 18.4 Å². The van der Waals surface area contributed by atoms with Gasteiger partial charge in [0.25, 0.3) is 0 Å². The number of halogens is 2. The summed E-state index contributed by atoms with van der Waals surface area (Å²) in [6.07, 6.45) is 0.731. The van der Waals surface area contributed by atoms with Gasteiger partial charge in [0.05, 0.1) is 13.2 Å². The van der Waals surface area contributed by atoms with Crippen molar-refractivity contribution in [2.75, 3.05) is 13.2 Å². The molecule has 1 aromatic carbocycles. The Labute approximate surface area is 178 Å². The van der Waals surface area contributed by atoms with Crippen molar-refractivity contribution in [2.24, 2.45) is 11.8 Å². The summed E-state index contributed by atoms with van der Waals surface area (Å²) < 4.78 is 38.9. The number of alkyl halides is 2. The number of ether oxygens (including phenoxy) is 2. The highest BCUT2D eigenvalue weighted by molar-refractivity contribution is 5.90. The molecule has 0 spiro atoms. The highest BCUT2D eigenvalue weighted by atomic mass is 19.3. The van der Waals surface area contributed by atoms with Crippen molar-refractivity contribution < 1.29 is 27.8 Å². The molecule has 1 aromatic rings. The molecular weight excluding hydrogens is 390 g/mol. The fraction of sp³-hybridized carbons (Fsp3) is 0.583. The van der Waals surface area contributed by atoms with Crippen molar-refractivity contribution in [1.82, 2.24) is 0 Å². The summed E-state index contributed by atoms with van der Waals surface area (Å²) in [5.41, 5.74) is 1.80. The van der Waals surface area contributed by atoms with Crippen LogP contribution in [0.2, 0.25) is 0 Å². The summed E-state index contributed by atoms with van der Waals surface area (Å²) >= 11 is 0. The topological polar surface area (TPSA) is 52.6 Å². The lowest BCUT2D eigenvalue weighted by molar-refractivity contribution is -0.173. The van der Waals surface area contributed by atoms with Crippen LogP contribution in [0.1, 0.15) is 59.4 Å². The Morgan fingerprint density at radius 3 is 2.13 bits per heavy atom. The predicted octanol–water partition coefficient (Wildman–Crippen LogP) is 5.75. The summed E-state index contributed by atoms with van der Waals surface area (Å²) in [6.45, 7) is 9.00. The maximum absolute atomic E-state index is 14.6. The first kappa shape index (κ1) is 25.8. The second-order valence-electron chi connectivity index (χ2n) is 7.84. The van der Waals surface area contributed by atoms with Crippen LogP contribution in [0.3, 0.4) is 0 Å². The zero-order chi connectivity index (χ0) is 22.7. The Morgan fingerprint density at radius 2 is 1.60 bits per heavy atom. The van der Waals surface area contributed by atoms with Crippen LogP contribution < -0.4 is 0 Å². The lowest BCUT2D eigenvalue weighted by atomic mass is 9.83. The van der Waals surface area contributed by atoms with Crippen molar-refractivity contribution in [2.45, 2.75) is 66.2 Å². The molecule has 0 bridgehead atoms. The van der Waals surface area contributed by atoms with E-state index >= 15 is 0 Å². The number of carbonyl (C=O) groups excluding carboxylic acids is 2. The SMILES string of the molecule is CCOC(=O)/C(Cc1ccccc1)=C(/C)C(CCC(C)C)CC(F)(F)C(=O)OCC. The van der Waals surface area contributed by atoms with Gasteiger partial charge in [-0.15, -0.1) is 0 Å². The van der Waals surface area contributed by atoms with Crippen LogP contribution in [0, 0.1) is 11.8 Å². The number of esters is 2. The number of benzene rings is 1. The van der Waals surface area contributed by atoms with Gasteiger partial charge < -0.3 is 9.47 Å². The van der Waals surface area contributed by atoms with Gasteiger partial charge >= 0.3 is 17.9 Å². The van der Waals surface area contributed by atoms with Crippen LogP contribution in [0.25, 0.3) is 0 Å². The molecule has 0 aliphatic carbocycles. The van der Waals surface area contributed by atoms with Crippen molar-refractivity contribution in [1.29, 1.82) is 0 Å². The van der Waals surface area contributed by atoms with E-state index in [-0.39, 0.29) is 19.6 Å². The van der Waals surface area contributed by atoms with E-state index in [1.54, 1.807) is 13.8 Å². The largest absolute Gasteiger partial charge is 0.463 e. The molecule has 0 N–H and O–H groups in total. The first-order valence-electron chi connectivity index (χ1n) is 10.6. The minimum absolute atomic E-state index is 0.109. The monoisotopic (exact) mass is 424 g/mol. The summed E-state index contributed by atoms with van der Waals surface area (Å²) in [6, 6.07) is 9.35. The molecule has 6 heteroatoms. The van der Waals surface area contributed by atoms with Crippen molar-refractivity contribution >= 4 is 11.9 Å². The molecule has 0 saturated carbocycles. The molecule has 0 aliphatic heterocycles. The van der Waals surface area contributed by atoms with E-state index in [0.717, 1.165) is 5.56 Å². The second kappa shape index (κ2) is 12.5. The highest BCUT2D eigenvalue weighted by Gasteiger charge is 2.43. The molecule has 1 atom stereocenters. The van der Waals surface area contributed by atoms with Gasteiger partial charge in [0.1, 0.15) is 0 Å². The van der Waals surface area contributed by atoms with E-state index in [0.29, 0.717) is 29.9 Å². The first-order chi connectivity index (χ1) is 14.1. The zero-order valence-corrected chi connectivity index (χ0v) is 18.7. The molecule has 168 valence electrons. The Hall–Kier alpha value is -2.24. The van der Waals surface area contributed by atoms with Crippen LogP contribution >= 0.6 is 0 Å². The smallest absolute Gasteiger partial charge is 0.376 e. The molecule has 0 saturated heterocycles. The average molecular weight is 425 g/mol. The van der Waals surface area contributed by atoms with Gasteiger partial charge in [-0.25, -0.2) is 9.59 Å². The van der Waals surface area contributed by atoms with Gasteiger partial charge in [-0.1, -0.05) is 56.2 Å². The molecule has 0 amide bonds. The number of rotatable bonds is 12. The van der Waals surface area contributed by atoms with Gasteiger partial charge in [0, 0.05) is 18.4 Å². The van der Waals surface area contributed by atoms with E-state index < -0.39 is 30.2 Å². The minimum Gasteiger partial charge on any atom is -0.463 e.